The van der Waals surface area contributed by atoms with Crippen molar-refractivity contribution in [2.75, 3.05) is 20.2 Å². The Kier molecular flexibility index (Phi) is 6.28. The van der Waals surface area contributed by atoms with Gasteiger partial charge in [0.1, 0.15) is 11.4 Å². The summed E-state index contributed by atoms with van der Waals surface area (Å²) in [5, 5.41) is 3.73. The first-order valence-corrected chi connectivity index (χ1v) is 10.6. The summed E-state index contributed by atoms with van der Waals surface area (Å²) in [6.45, 7) is 4.80. The highest BCUT2D eigenvalue weighted by molar-refractivity contribution is 6.06. The van der Waals surface area contributed by atoms with Gasteiger partial charge in [0, 0.05) is 41.3 Å². The van der Waals surface area contributed by atoms with Crippen molar-refractivity contribution in [2.24, 2.45) is 0 Å². The molecule has 7 heteroatoms. The van der Waals surface area contributed by atoms with Crippen LogP contribution in [0.1, 0.15) is 29.8 Å². The van der Waals surface area contributed by atoms with E-state index in [-0.39, 0.29) is 29.7 Å². The minimum Gasteiger partial charge on any atom is -0.497 e. The maximum atomic E-state index is 13.5. The monoisotopic (exact) mass is 433 g/mol. The molecule has 0 bridgehead atoms. The molecule has 0 saturated carbocycles. The van der Waals surface area contributed by atoms with E-state index < -0.39 is 0 Å². The van der Waals surface area contributed by atoms with Crippen LogP contribution in [-0.4, -0.2) is 54.1 Å². The topological polar surface area (TPSA) is 83.7 Å². The smallest absolute Gasteiger partial charge is 0.270 e. The zero-order valence-corrected chi connectivity index (χ0v) is 18.4. The lowest BCUT2D eigenvalue weighted by Crippen LogP contribution is -2.50. The van der Waals surface area contributed by atoms with Gasteiger partial charge in [-0.3, -0.25) is 9.59 Å². The third-order valence-corrected chi connectivity index (χ3v) is 5.44. The van der Waals surface area contributed by atoms with E-state index in [1.165, 1.54) is 0 Å². The number of hydrogen-bond acceptors (Lipinski definition) is 4. The average Bonchev–Trinajstić information content (AvgIpc) is 3.19. The number of H-pyrrole nitrogens is 1. The van der Waals surface area contributed by atoms with E-state index in [2.05, 4.69) is 10.3 Å². The fourth-order valence-corrected chi connectivity index (χ4v) is 3.97. The SMILES string of the molecule is COc1ccc2[nH]cc(/C=C(\NC(=O)c3ccccc3)C(=O)N3C[C@H](C)O[C@@H](C)C3)c2c1. The summed E-state index contributed by atoms with van der Waals surface area (Å²) in [4.78, 5) is 31.3. The third-order valence-electron chi connectivity index (χ3n) is 5.44. The molecule has 32 heavy (non-hydrogen) atoms. The summed E-state index contributed by atoms with van der Waals surface area (Å²) in [5.74, 6) is 0.134. The number of benzene rings is 2. The largest absolute Gasteiger partial charge is 0.497 e. The van der Waals surface area contributed by atoms with Gasteiger partial charge in [0.25, 0.3) is 11.8 Å². The van der Waals surface area contributed by atoms with Gasteiger partial charge in [-0.25, -0.2) is 0 Å². The molecule has 0 spiro atoms. The van der Waals surface area contributed by atoms with E-state index >= 15 is 0 Å². The molecule has 1 aliphatic heterocycles. The number of methoxy groups -OCH3 is 1. The second-order valence-electron chi connectivity index (χ2n) is 8.00. The van der Waals surface area contributed by atoms with Gasteiger partial charge in [0.15, 0.2) is 0 Å². The van der Waals surface area contributed by atoms with Crippen LogP contribution >= 0.6 is 0 Å². The Labute approximate surface area is 187 Å². The molecule has 1 fully saturated rings. The molecule has 7 nitrogen and oxygen atoms in total. The van der Waals surface area contributed by atoms with Crippen LogP contribution < -0.4 is 10.1 Å². The Morgan fingerprint density at radius 3 is 2.53 bits per heavy atom. The number of amides is 2. The standard InChI is InChI=1S/C25H27N3O4/c1-16-14-28(15-17(2)32-16)25(30)23(27-24(29)18-7-5-4-6-8-18)11-19-13-26-22-10-9-20(31-3)12-21(19)22/h4-13,16-17,26H,14-15H2,1-3H3,(H,27,29)/b23-11-/t16-,17-/m0/s1. The lowest BCUT2D eigenvalue weighted by molar-refractivity contribution is -0.139. The van der Waals surface area contributed by atoms with Crippen molar-refractivity contribution in [3.63, 3.8) is 0 Å². The minimum atomic E-state index is -0.336. The maximum absolute atomic E-state index is 13.5. The van der Waals surface area contributed by atoms with Crippen LogP contribution in [0.4, 0.5) is 0 Å². The number of ether oxygens (including phenoxy) is 2. The summed E-state index contributed by atoms with van der Waals surface area (Å²) in [7, 11) is 1.61. The average molecular weight is 434 g/mol. The van der Waals surface area contributed by atoms with Gasteiger partial charge in [-0.1, -0.05) is 18.2 Å². The summed E-state index contributed by atoms with van der Waals surface area (Å²) in [5.41, 5.74) is 2.39. The normalized spacial score (nSPS) is 19.1. The molecule has 1 aromatic heterocycles. The summed E-state index contributed by atoms with van der Waals surface area (Å²) >= 11 is 0. The Morgan fingerprint density at radius 2 is 1.84 bits per heavy atom. The highest BCUT2D eigenvalue weighted by Gasteiger charge is 2.29. The van der Waals surface area contributed by atoms with E-state index in [9.17, 15) is 9.59 Å². The van der Waals surface area contributed by atoms with Crippen molar-refractivity contribution in [2.45, 2.75) is 26.1 Å². The molecule has 2 N–H and O–H groups in total. The molecule has 2 aromatic carbocycles. The van der Waals surface area contributed by atoms with Gasteiger partial charge in [0.05, 0.1) is 19.3 Å². The number of aromatic amines is 1. The number of morpholine rings is 1. The predicted octanol–water partition coefficient (Wildman–Crippen LogP) is 3.58. The fourth-order valence-electron chi connectivity index (χ4n) is 3.97. The van der Waals surface area contributed by atoms with Gasteiger partial charge in [0.2, 0.25) is 0 Å². The van der Waals surface area contributed by atoms with Gasteiger partial charge in [-0.05, 0) is 50.3 Å². The molecule has 4 rings (SSSR count). The second kappa shape index (κ2) is 9.28. The van der Waals surface area contributed by atoms with Crippen molar-refractivity contribution < 1.29 is 19.1 Å². The molecule has 1 aliphatic rings. The minimum absolute atomic E-state index is 0.0777. The van der Waals surface area contributed by atoms with E-state index in [4.69, 9.17) is 9.47 Å². The van der Waals surface area contributed by atoms with Crippen molar-refractivity contribution in [3.8, 4) is 5.75 Å². The highest BCUT2D eigenvalue weighted by atomic mass is 16.5. The fraction of sp³-hybridized carbons (Fsp3) is 0.280. The third kappa shape index (κ3) is 4.68. The molecule has 1 saturated heterocycles. The van der Waals surface area contributed by atoms with E-state index in [1.807, 2.05) is 44.3 Å². The zero-order chi connectivity index (χ0) is 22.7. The molecule has 3 aromatic rings. The highest BCUT2D eigenvalue weighted by Crippen LogP contribution is 2.25. The lowest BCUT2D eigenvalue weighted by Gasteiger charge is -2.35. The number of aromatic nitrogens is 1. The quantitative estimate of drug-likeness (QED) is 0.603. The second-order valence-corrected chi connectivity index (χ2v) is 8.00. The van der Waals surface area contributed by atoms with Crippen molar-refractivity contribution >= 4 is 28.8 Å². The number of carbonyl (C=O) groups is 2. The van der Waals surface area contributed by atoms with Crippen LogP contribution in [0, 0.1) is 0 Å². The molecular weight excluding hydrogens is 406 g/mol. The Morgan fingerprint density at radius 1 is 1.12 bits per heavy atom. The number of fused-ring (bicyclic) bond motifs is 1. The molecule has 0 unspecified atom stereocenters. The molecule has 2 heterocycles. The summed E-state index contributed by atoms with van der Waals surface area (Å²) in [6, 6.07) is 14.5. The first-order valence-electron chi connectivity index (χ1n) is 10.6. The van der Waals surface area contributed by atoms with Gasteiger partial charge < -0.3 is 24.7 Å². The van der Waals surface area contributed by atoms with Gasteiger partial charge in [-0.2, -0.15) is 0 Å². The van der Waals surface area contributed by atoms with E-state index in [1.54, 1.807) is 42.4 Å². The zero-order valence-electron chi connectivity index (χ0n) is 18.4. The summed E-state index contributed by atoms with van der Waals surface area (Å²) < 4.78 is 11.1. The number of carbonyl (C=O) groups excluding carboxylic acids is 2. The van der Waals surface area contributed by atoms with Crippen molar-refractivity contribution in [3.05, 3.63) is 71.6 Å². The van der Waals surface area contributed by atoms with Gasteiger partial charge >= 0.3 is 0 Å². The van der Waals surface area contributed by atoms with E-state index in [0.717, 1.165) is 16.5 Å². The molecular formula is C25H27N3O4. The molecule has 2 amide bonds. The number of nitrogens with one attached hydrogen (secondary N) is 2. The van der Waals surface area contributed by atoms with Crippen LogP contribution in [0.3, 0.4) is 0 Å². The van der Waals surface area contributed by atoms with Crippen LogP contribution in [0.2, 0.25) is 0 Å². The van der Waals surface area contributed by atoms with Crippen LogP contribution in [0.5, 0.6) is 5.75 Å². The number of rotatable bonds is 5. The Bertz CT molecular complexity index is 1140. The number of nitrogens with zero attached hydrogens (tertiary/aromatic N) is 1. The molecule has 0 radical (unpaired) electrons. The first kappa shape index (κ1) is 21.6. The van der Waals surface area contributed by atoms with Gasteiger partial charge in [-0.15, -0.1) is 0 Å². The molecule has 166 valence electrons. The Hall–Kier alpha value is -3.58. The molecule has 0 aliphatic carbocycles. The molecule has 2 atom stereocenters. The first-order chi connectivity index (χ1) is 15.4. The van der Waals surface area contributed by atoms with E-state index in [0.29, 0.717) is 24.4 Å². The van der Waals surface area contributed by atoms with Crippen LogP contribution in [0.15, 0.2) is 60.4 Å². The number of hydrogen-bond donors (Lipinski definition) is 2. The van der Waals surface area contributed by atoms with Crippen LogP contribution in [0.25, 0.3) is 17.0 Å². The summed E-state index contributed by atoms with van der Waals surface area (Å²) in [6.07, 6.45) is 3.38. The van der Waals surface area contributed by atoms with Crippen molar-refractivity contribution in [1.29, 1.82) is 0 Å². The Balaban J connectivity index is 1.71. The lowest BCUT2D eigenvalue weighted by atomic mass is 10.1. The van der Waals surface area contributed by atoms with Crippen molar-refractivity contribution in [1.82, 2.24) is 15.2 Å². The predicted molar refractivity (Wildman–Crippen MR) is 123 cm³/mol. The van der Waals surface area contributed by atoms with Crippen LogP contribution in [-0.2, 0) is 9.53 Å². The maximum Gasteiger partial charge on any atom is 0.270 e.